The Labute approximate surface area is 343 Å². The molecule has 9 nitrogen and oxygen atoms in total. The largest absolute Gasteiger partial charge is 0.472 e. The zero-order chi connectivity index (χ0) is 41.1. The molecule has 0 bridgehead atoms. The fourth-order valence-corrected chi connectivity index (χ4v) is 7.03. The average Bonchev–Trinajstić information content (AvgIpc) is 3.18. The van der Waals surface area contributed by atoms with Gasteiger partial charge in [-0.25, -0.2) is 4.57 Å². The van der Waals surface area contributed by atoms with Gasteiger partial charge in [0.05, 0.1) is 13.2 Å². The molecule has 56 heavy (non-hydrogen) atoms. The first kappa shape index (κ1) is 54.2. The smallest absolute Gasteiger partial charge is 0.463 e. The number of esters is 1. The number of aliphatic hydroxyl groups excluding tert-OH is 1. The van der Waals surface area contributed by atoms with Crippen LogP contribution in [0.25, 0.3) is 0 Å². The molecule has 1 amide bonds. The first-order chi connectivity index (χ1) is 27.3. The molecule has 0 aromatic carbocycles. The minimum atomic E-state index is -4.42. The maximum atomic E-state index is 12.1. The monoisotopic (exact) mass is 812 g/mol. The van der Waals surface area contributed by atoms with E-state index in [1.165, 1.54) is 122 Å². The van der Waals surface area contributed by atoms with Gasteiger partial charge in [0, 0.05) is 19.4 Å². The van der Waals surface area contributed by atoms with Crippen molar-refractivity contribution in [1.82, 2.24) is 5.32 Å². The lowest BCUT2D eigenvalue weighted by Gasteiger charge is -2.15. The van der Waals surface area contributed by atoms with Crippen LogP contribution in [0, 0.1) is 0 Å². The van der Waals surface area contributed by atoms with E-state index in [0.717, 1.165) is 64.2 Å². The van der Waals surface area contributed by atoms with E-state index >= 15 is 0 Å². The molecule has 0 rings (SSSR count). The molecule has 2 atom stereocenters. The molecule has 0 spiro atoms. The Morgan fingerprint density at radius 3 is 1.50 bits per heavy atom. The summed E-state index contributed by atoms with van der Waals surface area (Å²) in [5.41, 5.74) is 0. The van der Waals surface area contributed by atoms with Crippen molar-refractivity contribution in [2.24, 2.45) is 0 Å². The Morgan fingerprint density at radius 1 is 0.554 bits per heavy atom. The fraction of sp³-hybridized carbons (Fsp3) is 0.826. The van der Waals surface area contributed by atoms with Crippen LogP contribution in [0.5, 0.6) is 0 Å². The number of unbranched alkanes of at least 4 members (excludes halogenated alkanes) is 24. The lowest BCUT2D eigenvalue weighted by atomic mass is 10.0. The van der Waals surface area contributed by atoms with E-state index in [0.29, 0.717) is 6.42 Å². The van der Waals surface area contributed by atoms with E-state index in [4.69, 9.17) is 13.8 Å². The second-order valence-electron chi connectivity index (χ2n) is 15.4. The number of ether oxygens (including phenoxy) is 1. The molecule has 0 aromatic rings. The molecule has 0 aliphatic rings. The van der Waals surface area contributed by atoms with Crippen molar-refractivity contribution in [2.75, 3.05) is 26.4 Å². The second kappa shape index (κ2) is 42.8. The Kier molecular flexibility index (Phi) is 41.5. The number of aliphatic hydroxyl groups is 1. The summed E-state index contributed by atoms with van der Waals surface area (Å²) in [7, 11) is -4.42. The molecule has 0 fully saturated rings. The molecule has 0 heterocycles. The summed E-state index contributed by atoms with van der Waals surface area (Å²) in [6.07, 6.45) is 47.9. The van der Waals surface area contributed by atoms with Crippen molar-refractivity contribution in [3.8, 4) is 0 Å². The summed E-state index contributed by atoms with van der Waals surface area (Å²) in [5.74, 6) is -0.528. The number of nitrogens with one attached hydrogen (secondary N) is 1. The zero-order valence-electron chi connectivity index (χ0n) is 36.1. The molecule has 328 valence electrons. The lowest BCUT2D eigenvalue weighted by molar-refractivity contribution is -0.147. The van der Waals surface area contributed by atoms with E-state index in [2.05, 4.69) is 55.6 Å². The lowest BCUT2D eigenvalue weighted by Crippen LogP contribution is -2.27. The molecule has 10 heteroatoms. The van der Waals surface area contributed by atoms with Crippen molar-refractivity contribution in [3.63, 3.8) is 0 Å². The van der Waals surface area contributed by atoms with Crippen molar-refractivity contribution in [3.05, 3.63) is 36.5 Å². The maximum Gasteiger partial charge on any atom is 0.472 e. The van der Waals surface area contributed by atoms with Crippen LogP contribution in [0.15, 0.2) is 36.5 Å². The number of phosphoric acid groups is 1. The minimum Gasteiger partial charge on any atom is -0.463 e. The van der Waals surface area contributed by atoms with Gasteiger partial charge in [0.25, 0.3) is 0 Å². The Morgan fingerprint density at radius 2 is 0.982 bits per heavy atom. The number of carbonyl (C=O) groups is 2. The molecule has 0 aliphatic heterocycles. The van der Waals surface area contributed by atoms with E-state index in [1.807, 2.05) is 0 Å². The number of amides is 1. The van der Waals surface area contributed by atoms with Gasteiger partial charge in [-0.15, -0.1) is 0 Å². The third-order valence-electron chi connectivity index (χ3n) is 9.79. The topological polar surface area (TPSA) is 131 Å². The number of rotatable bonds is 43. The fourth-order valence-electron chi connectivity index (χ4n) is 6.27. The Balaban J connectivity index is 3.58. The van der Waals surface area contributed by atoms with Gasteiger partial charge < -0.3 is 20.1 Å². The predicted molar refractivity (Wildman–Crippen MR) is 234 cm³/mol. The summed E-state index contributed by atoms with van der Waals surface area (Å²) in [4.78, 5) is 33.9. The van der Waals surface area contributed by atoms with Gasteiger partial charge in [-0.2, -0.15) is 0 Å². The quantitative estimate of drug-likeness (QED) is 0.0240. The van der Waals surface area contributed by atoms with Crippen molar-refractivity contribution < 1.29 is 37.9 Å². The molecule has 0 saturated carbocycles. The first-order valence-electron chi connectivity index (χ1n) is 23.0. The predicted octanol–water partition coefficient (Wildman–Crippen LogP) is 12.9. The zero-order valence-corrected chi connectivity index (χ0v) is 37.0. The van der Waals surface area contributed by atoms with E-state index in [1.54, 1.807) is 0 Å². The maximum absolute atomic E-state index is 12.1. The molecule has 2 unspecified atom stereocenters. The summed E-state index contributed by atoms with van der Waals surface area (Å²) in [5, 5.41) is 12.7. The summed E-state index contributed by atoms with van der Waals surface area (Å²) in [6, 6.07) is 0. The molecular formula is C46H86NO8P. The van der Waals surface area contributed by atoms with Crippen LogP contribution in [0.4, 0.5) is 0 Å². The van der Waals surface area contributed by atoms with Crippen LogP contribution in [0.2, 0.25) is 0 Å². The highest BCUT2D eigenvalue weighted by molar-refractivity contribution is 7.47. The van der Waals surface area contributed by atoms with Gasteiger partial charge in [0.2, 0.25) is 5.91 Å². The van der Waals surface area contributed by atoms with Crippen LogP contribution in [-0.4, -0.2) is 54.3 Å². The molecule has 0 radical (unpaired) electrons. The Hall–Kier alpha value is -1.77. The molecular weight excluding hydrogens is 725 g/mol. The van der Waals surface area contributed by atoms with Gasteiger partial charge in [-0.3, -0.25) is 18.6 Å². The van der Waals surface area contributed by atoms with Gasteiger partial charge in [0.15, 0.2) is 0 Å². The van der Waals surface area contributed by atoms with Gasteiger partial charge in [-0.1, -0.05) is 172 Å². The first-order valence-corrected chi connectivity index (χ1v) is 24.5. The average molecular weight is 812 g/mol. The second-order valence-corrected chi connectivity index (χ2v) is 16.8. The van der Waals surface area contributed by atoms with Crippen LogP contribution in [0.1, 0.15) is 213 Å². The number of carbonyl (C=O) groups excluding carboxylic acids is 2. The van der Waals surface area contributed by atoms with E-state index < -0.39 is 26.5 Å². The number of hydrogen-bond donors (Lipinski definition) is 3. The highest BCUT2D eigenvalue weighted by Crippen LogP contribution is 2.42. The number of hydrogen-bond acceptors (Lipinski definition) is 7. The Bertz CT molecular complexity index is 1020. The number of phosphoric ester groups is 1. The minimum absolute atomic E-state index is 0.0743. The van der Waals surface area contributed by atoms with Crippen molar-refractivity contribution >= 4 is 19.7 Å². The standard InChI is InChI=1S/C46H86NO8P/c1-3-5-7-9-11-13-15-17-19-20-21-22-23-24-25-27-29-31-33-35-37-39-46(50)53-42-44(48)43-55-56(51,52)54-41-40-47-45(49)38-36-34-32-30-28-26-18-16-14-12-10-8-6-4-2/h10,12,16-19,44,48H,3-9,11,13-15,20-43H2,1-2H3,(H,47,49)(H,51,52)/b12-10-,18-16-,19-17+. The van der Waals surface area contributed by atoms with Crippen LogP contribution in [-0.2, 0) is 27.9 Å². The van der Waals surface area contributed by atoms with Crippen LogP contribution in [0.3, 0.4) is 0 Å². The van der Waals surface area contributed by atoms with Crippen molar-refractivity contribution in [2.45, 2.75) is 219 Å². The third-order valence-corrected chi connectivity index (χ3v) is 10.8. The number of allylic oxidation sites excluding steroid dienone is 6. The molecule has 0 aromatic heterocycles. The van der Waals surface area contributed by atoms with Gasteiger partial charge in [0.1, 0.15) is 12.7 Å². The highest BCUT2D eigenvalue weighted by Gasteiger charge is 2.23. The van der Waals surface area contributed by atoms with E-state index in [9.17, 15) is 24.2 Å². The normalized spacial score (nSPS) is 13.6. The molecule has 0 saturated heterocycles. The van der Waals surface area contributed by atoms with E-state index in [-0.39, 0.29) is 32.1 Å². The van der Waals surface area contributed by atoms with Crippen LogP contribution >= 0.6 is 7.82 Å². The third kappa shape index (κ3) is 43.4. The van der Waals surface area contributed by atoms with Gasteiger partial charge in [-0.05, 0) is 64.2 Å². The summed E-state index contributed by atoms with van der Waals surface area (Å²) in [6.45, 7) is 3.51. The SMILES string of the molecule is CCCC/C=C\C/C=C\CCCCCCCC(=O)NCCOP(=O)(O)OCC(O)COC(=O)CCCCCCCCCCCCC/C=C/CCCCCCCC. The highest BCUT2D eigenvalue weighted by atomic mass is 31.2. The molecule has 3 N–H and O–H groups in total. The molecule has 0 aliphatic carbocycles. The summed E-state index contributed by atoms with van der Waals surface area (Å²) < 4.78 is 26.9. The van der Waals surface area contributed by atoms with Crippen LogP contribution < -0.4 is 5.32 Å². The summed E-state index contributed by atoms with van der Waals surface area (Å²) >= 11 is 0. The van der Waals surface area contributed by atoms with Crippen molar-refractivity contribution in [1.29, 1.82) is 0 Å². The van der Waals surface area contributed by atoms with Gasteiger partial charge >= 0.3 is 13.8 Å².